The largest absolute Gasteiger partial charge is 0.345 e. The highest BCUT2D eigenvalue weighted by Gasteiger charge is 2.28. The van der Waals surface area contributed by atoms with Crippen LogP contribution in [0.3, 0.4) is 0 Å². The first-order valence-corrected chi connectivity index (χ1v) is 11.5. The van der Waals surface area contributed by atoms with Crippen molar-refractivity contribution >= 4 is 17.6 Å². The average Bonchev–Trinajstić information content (AvgIpc) is 3.07. The molecule has 2 aliphatic rings. The van der Waals surface area contributed by atoms with E-state index in [2.05, 4.69) is 29.8 Å². The van der Waals surface area contributed by atoms with Crippen molar-refractivity contribution in [3.05, 3.63) is 52.8 Å². The number of hydrogen-bond acceptors (Lipinski definition) is 2. The summed E-state index contributed by atoms with van der Waals surface area (Å²) in [6, 6.07) is 10.3. The van der Waals surface area contributed by atoms with E-state index in [1.54, 1.807) is 4.90 Å². The minimum atomic E-state index is -0.104. The van der Waals surface area contributed by atoms with Gasteiger partial charge < -0.3 is 19.7 Å². The first kappa shape index (κ1) is 21.5. The van der Waals surface area contributed by atoms with E-state index >= 15 is 0 Å². The van der Waals surface area contributed by atoms with Gasteiger partial charge in [0.05, 0.1) is 5.56 Å². The molecule has 1 aromatic carbocycles. The molecule has 0 bridgehead atoms. The molecule has 6 nitrogen and oxygen atoms in total. The van der Waals surface area contributed by atoms with Crippen LogP contribution in [0.4, 0.5) is 10.5 Å². The number of piperazine rings is 1. The molecule has 0 unspecified atom stereocenters. The van der Waals surface area contributed by atoms with Crippen LogP contribution < -0.4 is 5.32 Å². The van der Waals surface area contributed by atoms with Crippen molar-refractivity contribution in [3.8, 4) is 0 Å². The molecular formula is C25H34N4O2. The number of amides is 3. The van der Waals surface area contributed by atoms with E-state index in [4.69, 9.17) is 0 Å². The zero-order valence-corrected chi connectivity index (χ0v) is 19.0. The van der Waals surface area contributed by atoms with Gasteiger partial charge in [-0.25, -0.2) is 4.79 Å². The molecular weight excluding hydrogens is 388 g/mol. The Hall–Kier alpha value is -2.76. The normalized spacial score (nSPS) is 17.6. The molecule has 166 valence electrons. The summed E-state index contributed by atoms with van der Waals surface area (Å²) in [6.45, 7) is 8.42. The molecule has 0 radical (unpaired) electrons. The lowest BCUT2D eigenvalue weighted by Crippen LogP contribution is -2.51. The van der Waals surface area contributed by atoms with Crippen LogP contribution in [0.5, 0.6) is 0 Å². The number of urea groups is 1. The topological polar surface area (TPSA) is 57.6 Å². The van der Waals surface area contributed by atoms with E-state index in [0.29, 0.717) is 32.2 Å². The smallest absolute Gasteiger partial charge is 0.321 e. The molecule has 3 amide bonds. The summed E-state index contributed by atoms with van der Waals surface area (Å²) in [5.74, 6) is 0.0916. The monoisotopic (exact) mass is 422 g/mol. The van der Waals surface area contributed by atoms with Gasteiger partial charge in [-0.3, -0.25) is 4.79 Å². The summed E-state index contributed by atoms with van der Waals surface area (Å²) < 4.78 is 2.39. The van der Waals surface area contributed by atoms with Crippen LogP contribution >= 0.6 is 0 Å². The molecule has 1 saturated heterocycles. The highest BCUT2D eigenvalue weighted by atomic mass is 16.2. The van der Waals surface area contributed by atoms with Crippen LogP contribution in [0, 0.1) is 20.8 Å². The molecule has 0 spiro atoms. The van der Waals surface area contributed by atoms with Gasteiger partial charge in [0.2, 0.25) is 0 Å². The fourth-order valence-corrected chi connectivity index (χ4v) is 5.10. The lowest BCUT2D eigenvalue weighted by molar-refractivity contribution is 0.0670. The summed E-state index contributed by atoms with van der Waals surface area (Å²) in [4.78, 5) is 29.6. The number of rotatable bonds is 3. The van der Waals surface area contributed by atoms with Crippen LogP contribution in [0.2, 0.25) is 0 Å². The van der Waals surface area contributed by atoms with E-state index in [1.807, 2.05) is 36.1 Å². The molecule has 1 aliphatic carbocycles. The first-order valence-electron chi connectivity index (χ1n) is 11.5. The highest BCUT2D eigenvalue weighted by Crippen LogP contribution is 2.32. The molecule has 0 atom stereocenters. The summed E-state index contributed by atoms with van der Waals surface area (Å²) in [5.41, 5.74) is 5.01. The Labute approximate surface area is 185 Å². The maximum absolute atomic E-state index is 13.3. The maximum Gasteiger partial charge on any atom is 0.321 e. The third-order valence-electron chi connectivity index (χ3n) is 6.78. The highest BCUT2D eigenvalue weighted by molar-refractivity contribution is 5.96. The summed E-state index contributed by atoms with van der Waals surface area (Å²) in [6.07, 6.45) is 6.29. The second-order valence-electron chi connectivity index (χ2n) is 9.03. The van der Waals surface area contributed by atoms with E-state index in [9.17, 15) is 9.59 Å². The van der Waals surface area contributed by atoms with Gasteiger partial charge in [0.25, 0.3) is 5.91 Å². The molecule has 31 heavy (non-hydrogen) atoms. The third-order valence-corrected chi connectivity index (χ3v) is 6.78. The van der Waals surface area contributed by atoms with E-state index < -0.39 is 0 Å². The van der Waals surface area contributed by atoms with Gasteiger partial charge in [-0.05, 0) is 57.4 Å². The Kier molecular flexibility index (Phi) is 6.35. The molecule has 1 aromatic heterocycles. The number of nitrogens with zero attached hydrogens (tertiary/aromatic N) is 3. The minimum absolute atomic E-state index is 0.0916. The quantitative estimate of drug-likeness (QED) is 0.764. The fourth-order valence-electron chi connectivity index (χ4n) is 5.10. The van der Waals surface area contributed by atoms with Gasteiger partial charge in [-0.2, -0.15) is 0 Å². The van der Waals surface area contributed by atoms with Crippen molar-refractivity contribution < 1.29 is 9.59 Å². The second kappa shape index (κ2) is 9.16. The molecule has 1 aliphatic heterocycles. The van der Waals surface area contributed by atoms with E-state index in [-0.39, 0.29) is 11.9 Å². The number of carbonyl (C=O) groups is 2. The Morgan fingerprint density at radius 1 is 0.903 bits per heavy atom. The number of hydrogen-bond donors (Lipinski definition) is 1. The van der Waals surface area contributed by atoms with Crippen molar-refractivity contribution in [1.29, 1.82) is 0 Å². The fraction of sp³-hybridized carbons (Fsp3) is 0.520. The predicted octanol–water partition coefficient (Wildman–Crippen LogP) is 4.91. The Morgan fingerprint density at radius 3 is 2.26 bits per heavy atom. The molecule has 6 heteroatoms. The molecule has 4 rings (SSSR count). The summed E-state index contributed by atoms with van der Waals surface area (Å²) in [5, 5.41) is 2.96. The third kappa shape index (κ3) is 4.63. The number of nitrogens with one attached hydrogen (secondary N) is 1. The van der Waals surface area contributed by atoms with Gasteiger partial charge >= 0.3 is 6.03 Å². The first-order chi connectivity index (χ1) is 14.9. The number of carbonyl (C=O) groups excluding carboxylic acids is 2. The Morgan fingerprint density at radius 2 is 1.58 bits per heavy atom. The Balaban J connectivity index is 1.38. The van der Waals surface area contributed by atoms with Crippen LogP contribution in [-0.4, -0.2) is 52.5 Å². The van der Waals surface area contributed by atoms with Gasteiger partial charge in [-0.1, -0.05) is 31.4 Å². The summed E-state index contributed by atoms with van der Waals surface area (Å²) in [7, 11) is 0. The van der Waals surface area contributed by atoms with Crippen LogP contribution in [0.1, 0.15) is 65.5 Å². The van der Waals surface area contributed by atoms with Crippen molar-refractivity contribution in [2.24, 2.45) is 0 Å². The SMILES string of the molecule is Cc1cccc(NC(=O)N2CCN(C(=O)c3cc(C)n(C4CCCCC4)c3C)CC2)c1. The lowest BCUT2D eigenvalue weighted by atomic mass is 9.95. The van der Waals surface area contributed by atoms with Crippen molar-refractivity contribution in [2.45, 2.75) is 58.9 Å². The van der Waals surface area contributed by atoms with Crippen molar-refractivity contribution in [3.63, 3.8) is 0 Å². The van der Waals surface area contributed by atoms with Crippen LogP contribution in [0.25, 0.3) is 0 Å². The van der Waals surface area contributed by atoms with E-state index in [1.165, 1.54) is 37.8 Å². The van der Waals surface area contributed by atoms with Gasteiger partial charge in [0, 0.05) is 49.3 Å². The number of aryl methyl sites for hydroxylation is 2. The van der Waals surface area contributed by atoms with Gasteiger partial charge in [0.1, 0.15) is 0 Å². The number of aromatic nitrogens is 1. The van der Waals surface area contributed by atoms with Gasteiger partial charge in [-0.15, -0.1) is 0 Å². The Bertz CT molecular complexity index is 950. The zero-order chi connectivity index (χ0) is 22.0. The molecule has 2 aromatic rings. The minimum Gasteiger partial charge on any atom is -0.345 e. The predicted molar refractivity (Wildman–Crippen MR) is 124 cm³/mol. The molecule has 1 N–H and O–H groups in total. The van der Waals surface area contributed by atoms with Crippen molar-refractivity contribution in [2.75, 3.05) is 31.5 Å². The van der Waals surface area contributed by atoms with Crippen LogP contribution in [-0.2, 0) is 0 Å². The zero-order valence-electron chi connectivity index (χ0n) is 19.0. The number of benzene rings is 1. The second-order valence-corrected chi connectivity index (χ2v) is 9.03. The maximum atomic E-state index is 13.3. The van der Waals surface area contributed by atoms with Crippen molar-refractivity contribution in [1.82, 2.24) is 14.4 Å². The number of anilines is 1. The molecule has 2 fully saturated rings. The summed E-state index contributed by atoms with van der Waals surface area (Å²) >= 11 is 0. The standard InChI is InChI=1S/C25H34N4O2/c1-18-8-7-9-21(16-18)26-25(31)28-14-12-27(13-15-28)24(30)23-17-19(2)29(20(23)3)22-10-5-4-6-11-22/h7-9,16-17,22H,4-6,10-15H2,1-3H3,(H,26,31). The molecule has 1 saturated carbocycles. The lowest BCUT2D eigenvalue weighted by Gasteiger charge is -2.35. The van der Waals surface area contributed by atoms with Crippen LogP contribution in [0.15, 0.2) is 30.3 Å². The molecule has 2 heterocycles. The van der Waals surface area contributed by atoms with E-state index in [0.717, 1.165) is 22.5 Å². The van der Waals surface area contributed by atoms with Gasteiger partial charge in [0.15, 0.2) is 0 Å². The average molecular weight is 423 g/mol.